The van der Waals surface area contributed by atoms with Gasteiger partial charge in [-0.05, 0) is 32.4 Å². The number of sulfone groups is 1. The highest BCUT2D eigenvalue weighted by Crippen LogP contribution is 2.20. The number of methoxy groups -OCH3 is 1. The molecule has 0 unspecified atom stereocenters. The second kappa shape index (κ2) is 9.78. The van der Waals surface area contributed by atoms with Crippen LogP contribution in [-0.4, -0.2) is 59.3 Å². The molecule has 26 heavy (non-hydrogen) atoms. The van der Waals surface area contributed by atoms with E-state index in [2.05, 4.69) is 15.6 Å². The van der Waals surface area contributed by atoms with Gasteiger partial charge in [-0.2, -0.15) is 0 Å². The smallest absolute Gasteiger partial charge is 0.191 e. The summed E-state index contributed by atoms with van der Waals surface area (Å²) in [5.74, 6) is 1.33. The molecule has 1 aromatic carbocycles. The first-order chi connectivity index (χ1) is 12.1. The van der Waals surface area contributed by atoms with Crippen molar-refractivity contribution in [1.82, 2.24) is 10.6 Å². The second-order valence-electron chi connectivity index (χ2n) is 6.76. The number of rotatable bonds is 9. The van der Waals surface area contributed by atoms with E-state index >= 15 is 0 Å². The lowest BCUT2D eigenvalue weighted by atomic mass is 10.1. The SMILES string of the molecule is CN=C(NCc1ccc(C)cc1OCCOC)NCC(C)(C)S(C)(=O)=O. The number of nitrogens with one attached hydrogen (secondary N) is 2. The van der Waals surface area contributed by atoms with Gasteiger partial charge in [-0.25, -0.2) is 8.42 Å². The third-order valence-electron chi connectivity index (χ3n) is 4.12. The maximum atomic E-state index is 11.8. The van der Waals surface area contributed by atoms with Gasteiger partial charge in [0.15, 0.2) is 15.8 Å². The lowest BCUT2D eigenvalue weighted by Crippen LogP contribution is -2.47. The molecule has 1 rings (SSSR count). The molecule has 0 fully saturated rings. The molecule has 0 heterocycles. The van der Waals surface area contributed by atoms with Gasteiger partial charge in [0.25, 0.3) is 0 Å². The average molecular weight is 386 g/mol. The Hall–Kier alpha value is -1.80. The first kappa shape index (κ1) is 22.2. The van der Waals surface area contributed by atoms with Gasteiger partial charge in [-0.1, -0.05) is 12.1 Å². The first-order valence-corrected chi connectivity index (χ1v) is 10.3. The number of nitrogens with zero attached hydrogens (tertiary/aromatic N) is 1. The summed E-state index contributed by atoms with van der Waals surface area (Å²) in [4.78, 5) is 4.15. The van der Waals surface area contributed by atoms with Crippen LogP contribution in [-0.2, 0) is 21.1 Å². The number of hydrogen-bond donors (Lipinski definition) is 2. The summed E-state index contributed by atoms with van der Waals surface area (Å²) in [6.45, 7) is 7.13. The van der Waals surface area contributed by atoms with E-state index in [4.69, 9.17) is 9.47 Å². The molecule has 0 aliphatic rings. The van der Waals surface area contributed by atoms with E-state index in [0.717, 1.165) is 16.9 Å². The van der Waals surface area contributed by atoms with Crippen molar-refractivity contribution in [3.05, 3.63) is 29.3 Å². The molecule has 0 bridgehead atoms. The number of guanidine groups is 1. The first-order valence-electron chi connectivity index (χ1n) is 8.46. The molecule has 148 valence electrons. The molecule has 0 saturated carbocycles. The van der Waals surface area contributed by atoms with Gasteiger partial charge in [0.05, 0.1) is 11.4 Å². The van der Waals surface area contributed by atoms with Crippen molar-refractivity contribution in [3.63, 3.8) is 0 Å². The molecule has 1 aromatic rings. The summed E-state index contributed by atoms with van der Waals surface area (Å²) in [7, 11) is 0.107. The fourth-order valence-electron chi connectivity index (χ4n) is 2.00. The van der Waals surface area contributed by atoms with Gasteiger partial charge < -0.3 is 20.1 Å². The standard InChI is InChI=1S/C18H31N3O4S/c1-14-7-8-15(16(11-14)25-10-9-24-5)12-20-17(19-4)21-13-18(2,3)26(6,22)23/h7-8,11H,9-10,12-13H2,1-6H3,(H2,19,20,21). The Bertz CT molecular complexity index is 715. The minimum atomic E-state index is -3.17. The van der Waals surface area contributed by atoms with Crippen LogP contribution in [0.5, 0.6) is 5.75 Å². The monoisotopic (exact) mass is 385 g/mol. The van der Waals surface area contributed by atoms with Crippen molar-refractivity contribution < 1.29 is 17.9 Å². The van der Waals surface area contributed by atoms with E-state index in [0.29, 0.717) is 25.7 Å². The average Bonchev–Trinajstić information content (AvgIpc) is 2.55. The molecule has 0 aromatic heterocycles. The molecule has 0 spiro atoms. The van der Waals surface area contributed by atoms with Crippen LogP contribution in [0.15, 0.2) is 23.2 Å². The molecule has 0 amide bonds. The van der Waals surface area contributed by atoms with Crippen LogP contribution in [0.4, 0.5) is 0 Å². The van der Waals surface area contributed by atoms with Gasteiger partial charge >= 0.3 is 0 Å². The lowest BCUT2D eigenvalue weighted by molar-refractivity contribution is 0.145. The topological polar surface area (TPSA) is 89.0 Å². The van der Waals surface area contributed by atoms with E-state index in [1.807, 2.05) is 25.1 Å². The van der Waals surface area contributed by atoms with Crippen molar-refractivity contribution in [1.29, 1.82) is 0 Å². The van der Waals surface area contributed by atoms with Crippen LogP contribution in [0.25, 0.3) is 0 Å². The molecular formula is C18H31N3O4S. The van der Waals surface area contributed by atoms with E-state index in [1.165, 1.54) is 6.26 Å². The van der Waals surface area contributed by atoms with E-state index < -0.39 is 14.6 Å². The zero-order valence-corrected chi connectivity index (χ0v) is 17.4. The largest absolute Gasteiger partial charge is 0.491 e. The van der Waals surface area contributed by atoms with Crippen LogP contribution < -0.4 is 15.4 Å². The zero-order valence-electron chi connectivity index (χ0n) is 16.5. The molecule has 0 radical (unpaired) electrons. The molecule has 0 aliphatic heterocycles. The van der Waals surface area contributed by atoms with E-state index in [9.17, 15) is 8.42 Å². The zero-order chi connectivity index (χ0) is 19.8. The molecule has 0 saturated heterocycles. The Kier molecular flexibility index (Phi) is 8.36. The highest BCUT2D eigenvalue weighted by molar-refractivity contribution is 7.92. The Morgan fingerprint density at radius 3 is 2.50 bits per heavy atom. The molecular weight excluding hydrogens is 354 g/mol. The van der Waals surface area contributed by atoms with Gasteiger partial charge in [-0.3, -0.25) is 4.99 Å². The molecule has 0 atom stereocenters. The van der Waals surface area contributed by atoms with Crippen LogP contribution in [0, 0.1) is 6.92 Å². The predicted octanol–water partition coefficient (Wildman–Crippen LogP) is 1.51. The fourth-order valence-corrected chi connectivity index (χ4v) is 2.34. The van der Waals surface area contributed by atoms with Crippen molar-refractivity contribution in [2.24, 2.45) is 4.99 Å². The molecule has 0 aliphatic carbocycles. The third-order valence-corrected chi connectivity index (χ3v) is 6.27. The van der Waals surface area contributed by atoms with Crippen molar-refractivity contribution >= 4 is 15.8 Å². The fraction of sp³-hybridized carbons (Fsp3) is 0.611. The quantitative estimate of drug-likeness (QED) is 0.381. The molecule has 2 N–H and O–H groups in total. The summed E-state index contributed by atoms with van der Waals surface area (Å²) < 4.78 is 33.5. The van der Waals surface area contributed by atoms with E-state index in [-0.39, 0.29) is 6.54 Å². The van der Waals surface area contributed by atoms with Crippen LogP contribution >= 0.6 is 0 Å². The Morgan fingerprint density at radius 2 is 1.92 bits per heavy atom. The maximum Gasteiger partial charge on any atom is 0.191 e. The normalized spacial score (nSPS) is 12.8. The van der Waals surface area contributed by atoms with Crippen LogP contribution in [0.1, 0.15) is 25.0 Å². The second-order valence-corrected chi connectivity index (χ2v) is 9.41. The molecule has 7 nitrogen and oxygen atoms in total. The summed E-state index contributed by atoms with van der Waals surface area (Å²) in [5.41, 5.74) is 2.09. The third kappa shape index (κ3) is 6.84. The van der Waals surface area contributed by atoms with Gasteiger partial charge in [0, 0.05) is 39.1 Å². The Balaban J connectivity index is 2.71. The van der Waals surface area contributed by atoms with Gasteiger partial charge in [0.1, 0.15) is 12.4 Å². The number of aryl methyl sites for hydroxylation is 1. The number of hydrogen-bond acceptors (Lipinski definition) is 5. The van der Waals surface area contributed by atoms with Crippen LogP contribution in [0.3, 0.4) is 0 Å². The number of ether oxygens (including phenoxy) is 2. The lowest BCUT2D eigenvalue weighted by Gasteiger charge is -2.24. The number of aliphatic imine (C=N–C) groups is 1. The van der Waals surface area contributed by atoms with E-state index in [1.54, 1.807) is 28.0 Å². The number of benzene rings is 1. The summed E-state index contributed by atoms with van der Waals surface area (Å²) in [6.07, 6.45) is 1.24. The van der Waals surface area contributed by atoms with Crippen molar-refractivity contribution in [2.75, 3.05) is 40.2 Å². The highest BCUT2D eigenvalue weighted by Gasteiger charge is 2.30. The Labute approximate surface area is 157 Å². The Morgan fingerprint density at radius 1 is 1.23 bits per heavy atom. The molecule has 8 heteroatoms. The highest BCUT2D eigenvalue weighted by atomic mass is 32.2. The van der Waals surface area contributed by atoms with Gasteiger partial charge in [0.2, 0.25) is 0 Å². The van der Waals surface area contributed by atoms with Crippen molar-refractivity contribution in [3.8, 4) is 5.75 Å². The van der Waals surface area contributed by atoms with Crippen molar-refractivity contribution in [2.45, 2.75) is 32.1 Å². The maximum absolute atomic E-state index is 11.8. The summed E-state index contributed by atoms with van der Waals surface area (Å²) >= 11 is 0. The minimum absolute atomic E-state index is 0.261. The van der Waals surface area contributed by atoms with Crippen LogP contribution in [0.2, 0.25) is 0 Å². The van der Waals surface area contributed by atoms with Gasteiger partial charge in [-0.15, -0.1) is 0 Å². The predicted molar refractivity (Wildman–Crippen MR) is 106 cm³/mol. The summed E-state index contributed by atoms with van der Waals surface area (Å²) in [5, 5.41) is 6.26. The summed E-state index contributed by atoms with van der Waals surface area (Å²) in [6, 6.07) is 6.00. The minimum Gasteiger partial charge on any atom is -0.491 e.